The van der Waals surface area contributed by atoms with Crippen LogP contribution >= 0.6 is 23.8 Å². The Kier molecular flexibility index (Phi) is 6.80. The molecule has 2 heterocycles. The number of thiocarbonyl (C=S) groups is 1. The van der Waals surface area contributed by atoms with Gasteiger partial charge in [0.2, 0.25) is 0 Å². The zero-order chi connectivity index (χ0) is 18.4. The second kappa shape index (κ2) is 9.28. The molecule has 0 radical (unpaired) electrons. The lowest BCUT2D eigenvalue weighted by molar-refractivity contribution is 0.0170. The molecule has 0 spiro atoms. The fraction of sp³-hybridized carbons (Fsp3) is 0.368. The van der Waals surface area contributed by atoms with E-state index in [0.29, 0.717) is 11.7 Å². The molecule has 1 fully saturated rings. The summed E-state index contributed by atoms with van der Waals surface area (Å²) in [6, 6.07) is 10.0. The van der Waals surface area contributed by atoms with Gasteiger partial charge in [0, 0.05) is 42.7 Å². The molecule has 0 bridgehead atoms. The van der Waals surface area contributed by atoms with Crippen molar-refractivity contribution in [3.63, 3.8) is 0 Å². The van der Waals surface area contributed by atoms with E-state index >= 15 is 0 Å². The van der Waals surface area contributed by atoms with Crippen LogP contribution in [0.4, 0.5) is 5.69 Å². The fourth-order valence-electron chi connectivity index (χ4n) is 3.02. The third-order valence-electron chi connectivity index (χ3n) is 4.53. The van der Waals surface area contributed by atoms with Crippen LogP contribution in [0.2, 0.25) is 5.02 Å². The lowest BCUT2D eigenvalue weighted by atomic mass is 10.1. The Balaban J connectivity index is 1.65. The highest BCUT2D eigenvalue weighted by Gasteiger charge is 2.23. The van der Waals surface area contributed by atoms with Crippen molar-refractivity contribution in [3.8, 4) is 0 Å². The van der Waals surface area contributed by atoms with Crippen molar-refractivity contribution in [1.29, 1.82) is 0 Å². The molecule has 2 N–H and O–H groups in total. The van der Waals surface area contributed by atoms with E-state index in [0.717, 1.165) is 42.6 Å². The van der Waals surface area contributed by atoms with Gasteiger partial charge in [0.05, 0.1) is 19.3 Å². The van der Waals surface area contributed by atoms with E-state index in [9.17, 15) is 0 Å². The molecule has 1 aromatic heterocycles. The van der Waals surface area contributed by atoms with E-state index in [-0.39, 0.29) is 6.04 Å². The molecule has 1 aliphatic heterocycles. The lowest BCUT2D eigenvalue weighted by Crippen LogP contribution is -2.44. The summed E-state index contributed by atoms with van der Waals surface area (Å²) in [6.45, 7) is 5.96. The van der Waals surface area contributed by atoms with Gasteiger partial charge in [-0.05, 0) is 48.5 Å². The van der Waals surface area contributed by atoms with Crippen LogP contribution in [0.3, 0.4) is 0 Å². The zero-order valence-electron chi connectivity index (χ0n) is 14.7. The number of nitrogens with one attached hydrogen (secondary N) is 2. The predicted molar refractivity (Wildman–Crippen MR) is 110 cm³/mol. The number of hydrogen-bond donors (Lipinski definition) is 2. The van der Waals surface area contributed by atoms with Crippen LogP contribution in [0.1, 0.15) is 17.2 Å². The van der Waals surface area contributed by atoms with Crippen LogP contribution in [0.15, 0.2) is 42.7 Å². The lowest BCUT2D eigenvalue weighted by Gasteiger charge is -2.35. The van der Waals surface area contributed by atoms with Crippen LogP contribution in [0, 0.1) is 6.92 Å². The summed E-state index contributed by atoms with van der Waals surface area (Å²) in [5.41, 5.74) is 3.07. The van der Waals surface area contributed by atoms with Crippen molar-refractivity contribution >= 4 is 34.6 Å². The molecule has 0 unspecified atom stereocenters. The van der Waals surface area contributed by atoms with Gasteiger partial charge in [-0.1, -0.05) is 23.7 Å². The van der Waals surface area contributed by atoms with Gasteiger partial charge in [0.25, 0.3) is 0 Å². The first-order chi connectivity index (χ1) is 12.6. The summed E-state index contributed by atoms with van der Waals surface area (Å²) in [4.78, 5) is 6.67. The second-order valence-electron chi connectivity index (χ2n) is 6.20. The first-order valence-electron chi connectivity index (χ1n) is 8.67. The van der Waals surface area contributed by atoms with Crippen LogP contribution in [-0.4, -0.2) is 47.8 Å². The molecule has 26 heavy (non-hydrogen) atoms. The van der Waals surface area contributed by atoms with E-state index < -0.39 is 0 Å². The molecular weight excluding hydrogens is 368 g/mol. The maximum Gasteiger partial charge on any atom is 0.170 e. The Hall–Kier alpha value is -1.73. The molecule has 1 saturated heterocycles. The average molecular weight is 391 g/mol. The van der Waals surface area contributed by atoms with E-state index in [1.807, 2.05) is 37.4 Å². The van der Waals surface area contributed by atoms with E-state index in [1.165, 1.54) is 5.56 Å². The number of ether oxygens (including phenoxy) is 1. The first-order valence-corrected chi connectivity index (χ1v) is 9.45. The average Bonchev–Trinajstić information content (AvgIpc) is 2.67. The molecule has 2 aromatic rings. The van der Waals surface area contributed by atoms with Gasteiger partial charge in [0.1, 0.15) is 0 Å². The zero-order valence-corrected chi connectivity index (χ0v) is 16.3. The summed E-state index contributed by atoms with van der Waals surface area (Å²) in [6.07, 6.45) is 3.71. The van der Waals surface area contributed by atoms with E-state index in [4.69, 9.17) is 28.6 Å². The molecule has 7 heteroatoms. The number of rotatable bonds is 5. The first kappa shape index (κ1) is 19.0. The Morgan fingerprint density at radius 2 is 2.12 bits per heavy atom. The summed E-state index contributed by atoms with van der Waals surface area (Å²) in [7, 11) is 0. The van der Waals surface area contributed by atoms with Crippen molar-refractivity contribution in [2.75, 3.05) is 38.2 Å². The summed E-state index contributed by atoms with van der Waals surface area (Å²) < 4.78 is 5.49. The predicted octanol–water partition coefficient (Wildman–Crippen LogP) is 3.40. The molecule has 0 saturated carbocycles. The van der Waals surface area contributed by atoms with Crippen molar-refractivity contribution in [3.05, 3.63) is 58.9 Å². The van der Waals surface area contributed by atoms with Gasteiger partial charge in [0.15, 0.2) is 5.11 Å². The van der Waals surface area contributed by atoms with Crippen LogP contribution in [-0.2, 0) is 4.74 Å². The van der Waals surface area contributed by atoms with E-state index in [2.05, 4.69) is 26.6 Å². The van der Waals surface area contributed by atoms with Crippen LogP contribution in [0.5, 0.6) is 0 Å². The Bertz CT molecular complexity index is 738. The SMILES string of the molecule is Cc1c(Cl)cccc1NC(=S)NC[C@@H](c1cccnc1)N1CCOCC1. The van der Waals surface area contributed by atoms with Crippen LogP contribution < -0.4 is 10.6 Å². The maximum atomic E-state index is 6.18. The number of halogens is 1. The van der Waals surface area contributed by atoms with Gasteiger partial charge in [-0.3, -0.25) is 9.88 Å². The third-order valence-corrected chi connectivity index (χ3v) is 5.18. The number of benzene rings is 1. The maximum absolute atomic E-state index is 6.18. The molecule has 1 aliphatic rings. The highest BCUT2D eigenvalue weighted by molar-refractivity contribution is 7.80. The van der Waals surface area contributed by atoms with Crippen molar-refractivity contribution in [2.45, 2.75) is 13.0 Å². The number of morpholine rings is 1. The number of pyridine rings is 1. The standard InChI is InChI=1S/C19H23ClN4OS/c1-14-16(20)5-2-6-17(14)23-19(26)22-13-18(15-4-3-7-21-12-15)24-8-10-25-11-9-24/h2-7,12,18H,8-11,13H2,1H3,(H2,22,23,26)/t18-/m0/s1. The summed E-state index contributed by atoms with van der Waals surface area (Å²) >= 11 is 11.7. The minimum atomic E-state index is 0.188. The molecule has 138 valence electrons. The molecule has 3 rings (SSSR count). The van der Waals surface area contributed by atoms with Crippen molar-refractivity contribution in [1.82, 2.24) is 15.2 Å². The highest BCUT2D eigenvalue weighted by atomic mass is 35.5. The second-order valence-corrected chi connectivity index (χ2v) is 7.01. The quantitative estimate of drug-likeness (QED) is 0.763. The highest BCUT2D eigenvalue weighted by Crippen LogP contribution is 2.23. The smallest absolute Gasteiger partial charge is 0.170 e. The normalized spacial score (nSPS) is 16.1. The monoisotopic (exact) mass is 390 g/mol. The van der Waals surface area contributed by atoms with Gasteiger partial charge in [-0.2, -0.15) is 0 Å². The van der Waals surface area contributed by atoms with E-state index in [1.54, 1.807) is 6.20 Å². The summed E-state index contributed by atoms with van der Waals surface area (Å²) in [5.74, 6) is 0. The molecule has 0 aliphatic carbocycles. The fourth-order valence-corrected chi connectivity index (χ4v) is 3.39. The van der Waals surface area contributed by atoms with Gasteiger partial charge < -0.3 is 15.4 Å². The number of nitrogens with zero attached hydrogens (tertiary/aromatic N) is 2. The largest absolute Gasteiger partial charge is 0.379 e. The number of aromatic nitrogens is 1. The Morgan fingerprint density at radius 3 is 2.85 bits per heavy atom. The van der Waals surface area contributed by atoms with Gasteiger partial charge >= 0.3 is 0 Å². The van der Waals surface area contributed by atoms with Gasteiger partial charge in [-0.15, -0.1) is 0 Å². The minimum absolute atomic E-state index is 0.188. The number of anilines is 1. The summed E-state index contributed by atoms with van der Waals surface area (Å²) in [5, 5.41) is 7.88. The van der Waals surface area contributed by atoms with Crippen molar-refractivity contribution < 1.29 is 4.74 Å². The topological polar surface area (TPSA) is 49.4 Å². The molecule has 5 nitrogen and oxygen atoms in total. The molecule has 1 aromatic carbocycles. The molecule has 0 amide bonds. The van der Waals surface area contributed by atoms with Gasteiger partial charge in [-0.25, -0.2) is 0 Å². The Labute approximate surface area is 164 Å². The Morgan fingerprint density at radius 1 is 1.31 bits per heavy atom. The number of hydrogen-bond acceptors (Lipinski definition) is 4. The molecule has 1 atom stereocenters. The third kappa shape index (κ3) is 4.92. The van der Waals surface area contributed by atoms with Crippen molar-refractivity contribution in [2.24, 2.45) is 0 Å². The minimum Gasteiger partial charge on any atom is -0.379 e. The molecular formula is C19H23ClN4OS. The van der Waals surface area contributed by atoms with Crippen LogP contribution in [0.25, 0.3) is 0 Å².